The van der Waals surface area contributed by atoms with Crippen LogP contribution in [-0.2, 0) is 4.79 Å². The summed E-state index contributed by atoms with van der Waals surface area (Å²) >= 11 is 0. The zero-order chi connectivity index (χ0) is 18.4. The number of hydrogen-bond acceptors (Lipinski definition) is 4. The van der Waals surface area contributed by atoms with E-state index in [0.717, 1.165) is 11.5 Å². The molecule has 0 radical (unpaired) electrons. The van der Waals surface area contributed by atoms with E-state index in [-0.39, 0.29) is 5.97 Å². The largest absolute Gasteiger partial charge is 0.423 e. The summed E-state index contributed by atoms with van der Waals surface area (Å²) in [6, 6.07) is 8.63. The quantitative estimate of drug-likeness (QED) is 0.641. The van der Waals surface area contributed by atoms with E-state index >= 15 is 0 Å². The second kappa shape index (κ2) is 8.93. The highest BCUT2D eigenvalue weighted by Crippen LogP contribution is 2.37. The van der Waals surface area contributed by atoms with Crippen molar-refractivity contribution in [1.82, 2.24) is 9.97 Å². The molecule has 1 saturated carbocycles. The molecule has 0 atom stereocenters. The Bertz CT molecular complexity index is 702. The van der Waals surface area contributed by atoms with Crippen molar-refractivity contribution in [3.8, 4) is 17.1 Å². The predicted octanol–water partition coefficient (Wildman–Crippen LogP) is 5.53. The van der Waals surface area contributed by atoms with Crippen LogP contribution in [0, 0.1) is 5.92 Å². The molecule has 1 aliphatic rings. The van der Waals surface area contributed by atoms with Gasteiger partial charge in [0.1, 0.15) is 0 Å². The third-order valence-corrected chi connectivity index (χ3v) is 5.33. The fourth-order valence-corrected chi connectivity index (χ4v) is 3.82. The molecule has 1 aliphatic carbocycles. The molecule has 0 amide bonds. The average Bonchev–Trinajstić information content (AvgIpc) is 2.69. The van der Waals surface area contributed by atoms with E-state index in [1.165, 1.54) is 44.1 Å². The van der Waals surface area contributed by atoms with Gasteiger partial charge in [0.25, 0.3) is 0 Å². The number of aromatic nitrogens is 2. The minimum atomic E-state index is -0.278. The molecule has 0 unspecified atom stereocenters. The molecule has 1 heterocycles. The summed E-state index contributed by atoms with van der Waals surface area (Å²) in [4.78, 5) is 19.9. The average molecular weight is 352 g/mol. The molecular weight excluding hydrogens is 324 g/mol. The van der Waals surface area contributed by atoms with Crippen LogP contribution in [-0.4, -0.2) is 15.9 Å². The molecule has 0 bridgehead atoms. The monoisotopic (exact) mass is 352 g/mol. The first-order valence-corrected chi connectivity index (χ1v) is 9.82. The third-order valence-electron chi connectivity index (χ3n) is 5.33. The Morgan fingerprint density at radius 1 is 1.04 bits per heavy atom. The maximum atomic E-state index is 11.3. The fraction of sp³-hybridized carbons (Fsp3) is 0.500. The van der Waals surface area contributed by atoms with Crippen LogP contribution in [0.2, 0.25) is 0 Å². The third kappa shape index (κ3) is 4.69. The van der Waals surface area contributed by atoms with Crippen LogP contribution < -0.4 is 4.74 Å². The minimum Gasteiger partial charge on any atom is -0.423 e. The lowest BCUT2D eigenvalue weighted by Crippen LogP contribution is -2.13. The molecule has 0 saturated heterocycles. The van der Waals surface area contributed by atoms with Gasteiger partial charge in [-0.3, -0.25) is 4.79 Å². The maximum Gasteiger partial charge on any atom is 0.311 e. The van der Waals surface area contributed by atoms with Crippen molar-refractivity contribution in [2.45, 2.75) is 64.7 Å². The molecular formula is C22H28N2O2. The van der Waals surface area contributed by atoms with E-state index in [1.54, 1.807) is 19.3 Å². The normalized spacial score (nSPS) is 19.9. The highest BCUT2D eigenvalue weighted by Gasteiger charge is 2.21. The van der Waals surface area contributed by atoms with Crippen molar-refractivity contribution in [1.29, 1.82) is 0 Å². The first-order chi connectivity index (χ1) is 12.7. The van der Waals surface area contributed by atoms with Crippen LogP contribution >= 0.6 is 0 Å². The van der Waals surface area contributed by atoms with Crippen molar-refractivity contribution < 1.29 is 9.53 Å². The van der Waals surface area contributed by atoms with E-state index in [4.69, 9.17) is 4.74 Å². The summed E-state index contributed by atoms with van der Waals surface area (Å²) in [6.45, 7) is 4.04. The number of hydrogen-bond donors (Lipinski definition) is 0. The summed E-state index contributed by atoms with van der Waals surface area (Å²) in [5, 5.41) is 0. The van der Waals surface area contributed by atoms with Crippen molar-refractivity contribution >= 4 is 5.97 Å². The highest BCUT2D eigenvalue weighted by molar-refractivity contribution is 5.71. The first-order valence-electron chi connectivity index (χ1n) is 9.82. The lowest BCUT2D eigenvalue weighted by molar-refractivity contribution is -0.134. The summed E-state index contributed by atoms with van der Waals surface area (Å²) in [6.07, 6.45) is 11.5. The van der Waals surface area contributed by atoms with Crippen molar-refractivity contribution in [3.63, 3.8) is 0 Å². The molecule has 4 heteroatoms. The highest BCUT2D eigenvalue weighted by atomic mass is 16.5. The first kappa shape index (κ1) is 18.6. The van der Waals surface area contributed by atoms with Crippen LogP contribution in [0.5, 0.6) is 5.75 Å². The van der Waals surface area contributed by atoms with E-state index in [1.807, 2.05) is 0 Å². The van der Waals surface area contributed by atoms with Crippen LogP contribution in [0.4, 0.5) is 0 Å². The Labute approximate surface area is 156 Å². The molecule has 138 valence electrons. The molecule has 26 heavy (non-hydrogen) atoms. The smallest absolute Gasteiger partial charge is 0.311 e. The van der Waals surface area contributed by atoms with Gasteiger partial charge in [-0.2, -0.15) is 0 Å². The zero-order valence-corrected chi connectivity index (χ0v) is 15.8. The van der Waals surface area contributed by atoms with Crippen LogP contribution in [0.1, 0.15) is 70.3 Å². The zero-order valence-electron chi connectivity index (χ0n) is 15.8. The van der Waals surface area contributed by atoms with Gasteiger partial charge in [0, 0.05) is 12.0 Å². The molecule has 1 fully saturated rings. The second-order valence-electron chi connectivity index (χ2n) is 7.20. The SMILES string of the molecule is CCCC1CCC(c2ccc(-c3ncc(OC(=O)CC)cn3)cc2)CC1. The van der Waals surface area contributed by atoms with Gasteiger partial charge < -0.3 is 4.74 Å². The van der Waals surface area contributed by atoms with E-state index in [2.05, 4.69) is 41.2 Å². The Morgan fingerprint density at radius 2 is 1.69 bits per heavy atom. The summed E-state index contributed by atoms with van der Waals surface area (Å²) in [5.41, 5.74) is 2.42. The topological polar surface area (TPSA) is 52.1 Å². The fourth-order valence-electron chi connectivity index (χ4n) is 3.82. The number of esters is 1. The molecule has 1 aromatic heterocycles. The molecule has 2 aromatic rings. The minimum absolute atomic E-state index is 0.278. The summed E-state index contributed by atoms with van der Waals surface area (Å²) < 4.78 is 5.11. The van der Waals surface area contributed by atoms with Gasteiger partial charge in [-0.05, 0) is 43.1 Å². The maximum absolute atomic E-state index is 11.3. The Morgan fingerprint density at radius 3 is 2.27 bits per heavy atom. The number of nitrogens with zero attached hydrogens (tertiary/aromatic N) is 2. The lowest BCUT2D eigenvalue weighted by Gasteiger charge is -2.28. The van der Waals surface area contributed by atoms with Gasteiger partial charge in [0.2, 0.25) is 0 Å². The predicted molar refractivity (Wildman–Crippen MR) is 103 cm³/mol. The van der Waals surface area contributed by atoms with Gasteiger partial charge >= 0.3 is 5.97 Å². The molecule has 0 N–H and O–H groups in total. The van der Waals surface area contributed by atoms with Crippen LogP contribution in [0.25, 0.3) is 11.4 Å². The van der Waals surface area contributed by atoms with Crippen molar-refractivity contribution in [2.24, 2.45) is 5.92 Å². The van der Waals surface area contributed by atoms with Crippen LogP contribution in [0.3, 0.4) is 0 Å². The van der Waals surface area contributed by atoms with Crippen molar-refractivity contribution in [2.75, 3.05) is 0 Å². The van der Waals surface area contributed by atoms with Gasteiger partial charge in [-0.15, -0.1) is 0 Å². The second-order valence-corrected chi connectivity index (χ2v) is 7.20. The molecule has 3 rings (SSSR count). The van der Waals surface area contributed by atoms with Crippen LogP contribution in [0.15, 0.2) is 36.7 Å². The lowest BCUT2D eigenvalue weighted by atomic mass is 9.77. The molecule has 0 spiro atoms. The number of carbonyl (C=O) groups excluding carboxylic acids is 1. The number of benzene rings is 1. The van der Waals surface area contributed by atoms with Gasteiger partial charge in [0.15, 0.2) is 11.6 Å². The standard InChI is InChI=1S/C22H28N2O2/c1-3-5-16-6-8-17(9-7-16)18-10-12-19(13-11-18)22-23-14-20(15-24-22)26-21(25)4-2/h10-17H,3-9H2,1-2H3. The summed E-state index contributed by atoms with van der Waals surface area (Å²) in [5.74, 6) is 2.39. The van der Waals surface area contributed by atoms with Gasteiger partial charge in [-0.25, -0.2) is 9.97 Å². The molecule has 4 nitrogen and oxygen atoms in total. The molecule has 1 aromatic carbocycles. The van der Waals surface area contributed by atoms with E-state index < -0.39 is 0 Å². The Kier molecular flexibility index (Phi) is 6.37. The van der Waals surface area contributed by atoms with Crippen molar-refractivity contribution in [3.05, 3.63) is 42.2 Å². The number of carbonyl (C=O) groups is 1. The number of ether oxygens (including phenoxy) is 1. The summed E-state index contributed by atoms with van der Waals surface area (Å²) in [7, 11) is 0. The molecule has 0 aliphatic heterocycles. The number of rotatable bonds is 6. The Hall–Kier alpha value is -2.23. The Balaban J connectivity index is 1.62. The van der Waals surface area contributed by atoms with E-state index in [9.17, 15) is 4.79 Å². The van der Waals surface area contributed by atoms with E-state index in [0.29, 0.717) is 23.9 Å². The van der Waals surface area contributed by atoms with Gasteiger partial charge in [-0.1, -0.05) is 51.0 Å². The van der Waals surface area contributed by atoms with Gasteiger partial charge in [0.05, 0.1) is 12.4 Å².